The molecule has 0 aromatic heterocycles. The van der Waals surface area contributed by atoms with E-state index in [0.717, 1.165) is 18.4 Å². The number of rotatable bonds is 3. The molecular formula is C23H27N. The monoisotopic (exact) mass is 317 g/mol. The van der Waals surface area contributed by atoms with Crippen molar-refractivity contribution in [3.05, 3.63) is 71.3 Å². The van der Waals surface area contributed by atoms with Gasteiger partial charge in [0, 0.05) is 12.1 Å². The Balaban J connectivity index is 1.49. The zero-order chi connectivity index (χ0) is 16.2. The Morgan fingerprint density at radius 2 is 1.42 bits per heavy atom. The lowest BCUT2D eigenvalue weighted by Crippen LogP contribution is -2.55. The van der Waals surface area contributed by atoms with Gasteiger partial charge in [-0.1, -0.05) is 61.5 Å². The topological polar surface area (TPSA) is 12.0 Å². The molecule has 0 radical (unpaired) electrons. The molecule has 124 valence electrons. The molecule has 2 atom stereocenters. The van der Waals surface area contributed by atoms with Crippen molar-refractivity contribution in [1.82, 2.24) is 5.32 Å². The Kier molecular flexibility index (Phi) is 3.19. The molecule has 24 heavy (non-hydrogen) atoms. The van der Waals surface area contributed by atoms with E-state index in [4.69, 9.17) is 0 Å². The summed E-state index contributed by atoms with van der Waals surface area (Å²) in [6, 6.07) is 20.2. The minimum absolute atomic E-state index is 0.329. The molecule has 2 aromatic carbocycles. The van der Waals surface area contributed by atoms with Gasteiger partial charge in [0.1, 0.15) is 0 Å². The van der Waals surface area contributed by atoms with E-state index in [-0.39, 0.29) is 0 Å². The smallest absolute Gasteiger partial charge is 0.0210 e. The van der Waals surface area contributed by atoms with Crippen LogP contribution in [0.2, 0.25) is 0 Å². The van der Waals surface area contributed by atoms with E-state index in [1.165, 1.54) is 37.7 Å². The lowest BCUT2D eigenvalue weighted by atomic mass is 9.55. The Bertz CT molecular complexity index is 713. The highest BCUT2D eigenvalue weighted by Crippen LogP contribution is 2.62. The first-order valence-corrected chi connectivity index (χ1v) is 9.53. The quantitative estimate of drug-likeness (QED) is 0.801. The van der Waals surface area contributed by atoms with Crippen molar-refractivity contribution in [3.63, 3.8) is 0 Å². The van der Waals surface area contributed by atoms with Crippen LogP contribution in [0, 0.1) is 5.41 Å². The van der Waals surface area contributed by atoms with Crippen molar-refractivity contribution in [3.8, 4) is 0 Å². The van der Waals surface area contributed by atoms with E-state index in [9.17, 15) is 0 Å². The van der Waals surface area contributed by atoms with Crippen molar-refractivity contribution in [2.45, 2.75) is 62.9 Å². The fourth-order valence-corrected chi connectivity index (χ4v) is 6.34. The third-order valence-electron chi connectivity index (χ3n) is 6.90. The van der Waals surface area contributed by atoms with Crippen LogP contribution in [0.1, 0.15) is 67.6 Å². The van der Waals surface area contributed by atoms with Crippen LogP contribution >= 0.6 is 0 Å². The van der Waals surface area contributed by atoms with Gasteiger partial charge in [-0.15, -0.1) is 0 Å². The minimum Gasteiger partial charge on any atom is -0.307 e. The van der Waals surface area contributed by atoms with Gasteiger partial charge >= 0.3 is 0 Å². The molecule has 2 saturated carbocycles. The Hall–Kier alpha value is -1.60. The molecule has 0 aliphatic heterocycles. The molecule has 1 nitrogen and oxygen atoms in total. The second kappa shape index (κ2) is 5.20. The Morgan fingerprint density at radius 3 is 2.04 bits per heavy atom. The number of benzene rings is 2. The standard InChI is InChI=1S/C23H27N/c1-22-11-18-13-23(16-22,24-15-17-7-3-2-4-8-17)14-19(12-22)21-10-6-5-9-20(18)21/h2-10,18-19,24H,11-16H2,1H3. The largest absolute Gasteiger partial charge is 0.307 e. The van der Waals surface area contributed by atoms with Crippen LogP contribution < -0.4 is 5.32 Å². The van der Waals surface area contributed by atoms with E-state index in [1.54, 1.807) is 11.1 Å². The van der Waals surface area contributed by atoms with E-state index >= 15 is 0 Å². The molecular weight excluding hydrogens is 290 g/mol. The van der Waals surface area contributed by atoms with Crippen LogP contribution in [0.25, 0.3) is 0 Å². The lowest BCUT2D eigenvalue weighted by molar-refractivity contribution is 0.0299. The van der Waals surface area contributed by atoms with Crippen LogP contribution in [-0.4, -0.2) is 5.54 Å². The predicted octanol–water partition coefficient (Wildman–Crippen LogP) is 5.38. The normalized spacial score (nSPS) is 36.4. The molecule has 2 unspecified atom stereocenters. The van der Waals surface area contributed by atoms with Crippen molar-refractivity contribution < 1.29 is 0 Å². The molecule has 4 aliphatic carbocycles. The highest BCUT2D eigenvalue weighted by atomic mass is 15.0. The summed E-state index contributed by atoms with van der Waals surface area (Å²) in [7, 11) is 0. The molecule has 6 rings (SSSR count). The van der Waals surface area contributed by atoms with Gasteiger partial charge in [0.05, 0.1) is 0 Å². The summed E-state index contributed by atoms with van der Waals surface area (Å²) in [5.74, 6) is 1.49. The fourth-order valence-electron chi connectivity index (χ4n) is 6.34. The highest BCUT2D eigenvalue weighted by molar-refractivity contribution is 5.39. The molecule has 1 N–H and O–H groups in total. The SMILES string of the molecule is CC12CC3CC(NCc4ccccc4)(CC(C1)c1ccccc13)C2. The number of hydrogen-bond donors (Lipinski definition) is 1. The van der Waals surface area contributed by atoms with Gasteiger partial charge in [0.15, 0.2) is 0 Å². The minimum atomic E-state index is 0.329. The molecule has 0 spiro atoms. The number of nitrogens with one attached hydrogen (secondary N) is 1. The summed E-state index contributed by atoms with van der Waals surface area (Å²) in [6.45, 7) is 3.56. The van der Waals surface area contributed by atoms with Gasteiger partial charge in [-0.25, -0.2) is 0 Å². The van der Waals surface area contributed by atoms with Crippen molar-refractivity contribution in [1.29, 1.82) is 0 Å². The lowest BCUT2D eigenvalue weighted by Gasteiger charge is -2.54. The average molecular weight is 317 g/mol. The molecule has 4 bridgehead atoms. The summed E-state index contributed by atoms with van der Waals surface area (Å²) < 4.78 is 0. The van der Waals surface area contributed by atoms with Crippen LogP contribution in [0.15, 0.2) is 54.6 Å². The molecule has 4 aliphatic rings. The highest BCUT2D eigenvalue weighted by Gasteiger charge is 2.54. The van der Waals surface area contributed by atoms with E-state index < -0.39 is 0 Å². The molecule has 0 heterocycles. The first kappa shape index (κ1) is 14.7. The van der Waals surface area contributed by atoms with Gasteiger partial charge in [0.2, 0.25) is 0 Å². The second-order valence-electron chi connectivity index (χ2n) is 8.95. The maximum absolute atomic E-state index is 4.04. The van der Waals surface area contributed by atoms with Gasteiger partial charge in [-0.05, 0) is 66.0 Å². The zero-order valence-corrected chi connectivity index (χ0v) is 14.6. The van der Waals surface area contributed by atoms with Crippen LogP contribution in [0.4, 0.5) is 0 Å². The van der Waals surface area contributed by atoms with Gasteiger partial charge in [0.25, 0.3) is 0 Å². The van der Waals surface area contributed by atoms with Crippen LogP contribution in [0.3, 0.4) is 0 Å². The third-order valence-corrected chi connectivity index (χ3v) is 6.90. The summed E-state index contributed by atoms with van der Waals surface area (Å²) in [6.07, 6.45) is 6.77. The second-order valence-corrected chi connectivity index (χ2v) is 8.95. The summed E-state index contributed by atoms with van der Waals surface area (Å²) in [4.78, 5) is 0. The first-order valence-electron chi connectivity index (χ1n) is 9.53. The predicted molar refractivity (Wildman–Crippen MR) is 99.1 cm³/mol. The molecule has 2 aromatic rings. The maximum atomic E-state index is 4.04. The van der Waals surface area contributed by atoms with Gasteiger partial charge in [-0.3, -0.25) is 0 Å². The van der Waals surface area contributed by atoms with Gasteiger partial charge in [-0.2, -0.15) is 0 Å². The third kappa shape index (κ3) is 2.33. The molecule has 0 amide bonds. The zero-order valence-electron chi connectivity index (χ0n) is 14.6. The summed E-state index contributed by atoms with van der Waals surface area (Å²) in [5.41, 5.74) is 5.57. The first-order chi connectivity index (χ1) is 11.6. The molecule has 1 heteroatoms. The van der Waals surface area contributed by atoms with Crippen LogP contribution in [0.5, 0.6) is 0 Å². The van der Waals surface area contributed by atoms with Crippen LogP contribution in [-0.2, 0) is 6.54 Å². The average Bonchev–Trinajstić information content (AvgIpc) is 2.73. The number of hydrogen-bond acceptors (Lipinski definition) is 1. The van der Waals surface area contributed by atoms with Crippen molar-refractivity contribution in [2.75, 3.05) is 0 Å². The van der Waals surface area contributed by atoms with Gasteiger partial charge < -0.3 is 5.32 Å². The Labute approximate surface area is 145 Å². The van der Waals surface area contributed by atoms with E-state index in [0.29, 0.717) is 11.0 Å². The maximum Gasteiger partial charge on any atom is 0.0210 e. The van der Waals surface area contributed by atoms with Crippen molar-refractivity contribution >= 4 is 0 Å². The van der Waals surface area contributed by atoms with E-state index in [1.807, 2.05) is 0 Å². The molecule has 0 saturated heterocycles. The summed E-state index contributed by atoms with van der Waals surface area (Å²) in [5, 5.41) is 4.04. The van der Waals surface area contributed by atoms with E-state index in [2.05, 4.69) is 66.8 Å². The van der Waals surface area contributed by atoms with Crippen molar-refractivity contribution in [2.24, 2.45) is 5.41 Å². The summed E-state index contributed by atoms with van der Waals surface area (Å²) >= 11 is 0. The Morgan fingerprint density at radius 1 is 0.833 bits per heavy atom. The molecule has 2 fully saturated rings. The fraction of sp³-hybridized carbons (Fsp3) is 0.478.